The van der Waals surface area contributed by atoms with E-state index in [1.54, 1.807) is 0 Å². The zero-order chi connectivity index (χ0) is 17.6. The number of anilines is 2. The second-order valence-corrected chi connectivity index (χ2v) is 13.6. The van der Waals surface area contributed by atoms with Crippen LogP contribution in [0.25, 0.3) is 0 Å². The molecule has 0 saturated carbocycles. The van der Waals surface area contributed by atoms with Gasteiger partial charge in [0.05, 0.1) is 0 Å². The summed E-state index contributed by atoms with van der Waals surface area (Å²) in [6, 6.07) is 9.02. The van der Waals surface area contributed by atoms with Gasteiger partial charge < -0.3 is 9.13 Å². The highest BCUT2D eigenvalue weighted by Gasteiger charge is 2.35. The molecular formula is C20H35N2Si-. The summed E-state index contributed by atoms with van der Waals surface area (Å²) in [7, 11) is -0.861. The van der Waals surface area contributed by atoms with Gasteiger partial charge in [-0.05, 0) is 45.2 Å². The Kier molecular flexibility index (Phi) is 4.66. The molecule has 0 fully saturated rings. The predicted octanol–water partition coefficient (Wildman–Crippen LogP) is 5.69. The summed E-state index contributed by atoms with van der Waals surface area (Å²) in [6.45, 7) is 23.6. The van der Waals surface area contributed by atoms with Crippen molar-refractivity contribution in [3.63, 3.8) is 0 Å². The van der Waals surface area contributed by atoms with Gasteiger partial charge in [0.2, 0.25) is 0 Å². The molecule has 0 atom stereocenters. The van der Waals surface area contributed by atoms with Crippen LogP contribution in [0.4, 0.5) is 11.4 Å². The van der Waals surface area contributed by atoms with Gasteiger partial charge in [-0.3, -0.25) is 0 Å². The van der Waals surface area contributed by atoms with Crippen LogP contribution in [0.1, 0.15) is 62.3 Å². The fourth-order valence-electron chi connectivity index (χ4n) is 3.37. The molecule has 0 unspecified atom stereocenters. The summed E-state index contributed by atoms with van der Waals surface area (Å²) in [5, 5.41) is 0.292. The quantitative estimate of drug-likeness (QED) is 0.642. The third-order valence-corrected chi connectivity index (χ3v) is 7.07. The van der Waals surface area contributed by atoms with Crippen LogP contribution in [0, 0.1) is 10.8 Å². The Morgan fingerprint density at radius 2 is 1.04 bits per heavy atom. The molecule has 0 spiro atoms. The number of fused-ring (bicyclic) bond motifs is 1. The van der Waals surface area contributed by atoms with E-state index in [1.807, 2.05) is 0 Å². The molecule has 23 heavy (non-hydrogen) atoms. The molecule has 0 aromatic heterocycles. The highest BCUT2D eigenvalue weighted by molar-refractivity contribution is 6.72. The number of hydrogen-bond acceptors (Lipinski definition) is 2. The van der Waals surface area contributed by atoms with Gasteiger partial charge in [-0.25, -0.2) is 0 Å². The zero-order valence-corrected chi connectivity index (χ0v) is 17.6. The summed E-state index contributed by atoms with van der Waals surface area (Å²) >= 11 is 0. The SMILES string of the molecule is CC(C)(C)CN1c2ccccc2N(CC(C)(C)C)[Si-]1C(C)(C)C. The average molecular weight is 332 g/mol. The zero-order valence-electron chi connectivity index (χ0n) is 16.6. The summed E-state index contributed by atoms with van der Waals surface area (Å²) in [6.07, 6.45) is 0. The first-order valence-corrected chi connectivity index (χ1v) is 10.2. The molecule has 130 valence electrons. The summed E-state index contributed by atoms with van der Waals surface area (Å²) in [4.78, 5) is 0. The summed E-state index contributed by atoms with van der Waals surface area (Å²) in [5.74, 6) is 0. The minimum absolute atomic E-state index is 0.292. The minimum atomic E-state index is -0.861. The lowest BCUT2D eigenvalue weighted by molar-refractivity contribution is 0.420. The van der Waals surface area contributed by atoms with E-state index in [0.717, 1.165) is 13.1 Å². The van der Waals surface area contributed by atoms with Crippen molar-refractivity contribution in [3.8, 4) is 0 Å². The van der Waals surface area contributed by atoms with Crippen LogP contribution < -0.4 is 9.13 Å². The van der Waals surface area contributed by atoms with Crippen LogP contribution >= 0.6 is 0 Å². The van der Waals surface area contributed by atoms with Gasteiger partial charge in [-0.15, -0.1) is 5.04 Å². The lowest BCUT2D eigenvalue weighted by Gasteiger charge is -2.56. The van der Waals surface area contributed by atoms with E-state index in [-0.39, 0.29) is 0 Å². The van der Waals surface area contributed by atoms with Crippen molar-refractivity contribution in [2.24, 2.45) is 10.8 Å². The Hall–Kier alpha value is -0.963. The summed E-state index contributed by atoms with van der Waals surface area (Å²) in [5.41, 5.74) is 3.48. The monoisotopic (exact) mass is 331 g/mol. The number of rotatable bonds is 2. The highest BCUT2D eigenvalue weighted by Crippen LogP contribution is 2.47. The van der Waals surface area contributed by atoms with Crippen LogP contribution in [0.2, 0.25) is 5.04 Å². The average Bonchev–Trinajstić information content (AvgIpc) is 2.59. The van der Waals surface area contributed by atoms with Crippen molar-refractivity contribution in [3.05, 3.63) is 24.3 Å². The summed E-state index contributed by atoms with van der Waals surface area (Å²) < 4.78 is 5.48. The largest absolute Gasteiger partial charge is 0.523 e. The topological polar surface area (TPSA) is 6.48 Å². The van der Waals surface area contributed by atoms with Crippen LogP contribution in [-0.2, 0) is 0 Å². The lowest BCUT2D eigenvalue weighted by Crippen LogP contribution is -2.57. The molecular weight excluding hydrogens is 296 g/mol. The highest BCUT2D eigenvalue weighted by atomic mass is 28.3. The normalized spacial score (nSPS) is 16.9. The molecule has 0 saturated heterocycles. The van der Waals surface area contributed by atoms with E-state index in [9.17, 15) is 0 Å². The Balaban J connectivity index is 2.52. The maximum atomic E-state index is 2.74. The Morgan fingerprint density at radius 1 is 0.696 bits per heavy atom. The maximum absolute atomic E-state index is 2.74. The van der Waals surface area contributed by atoms with Crippen molar-refractivity contribution in [1.82, 2.24) is 0 Å². The molecule has 1 heterocycles. The maximum Gasteiger partial charge on any atom is 0.0206 e. The third-order valence-electron chi connectivity index (χ3n) is 3.91. The number of para-hydroxylation sites is 2. The third kappa shape index (κ3) is 4.31. The van der Waals surface area contributed by atoms with Crippen molar-refractivity contribution in [1.29, 1.82) is 0 Å². The first-order chi connectivity index (χ1) is 10.3. The molecule has 1 aromatic rings. The van der Waals surface area contributed by atoms with Gasteiger partial charge in [-0.2, -0.15) is 0 Å². The van der Waals surface area contributed by atoms with Crippen LogP contribution in [0.15, 0.2) is 24.3 Å². The van der Waals surface area contributed by atoms with Crippen molar-refractivity contribution < 1.29 is 0 Å². The molecule has 1 aliphatic heterocycles. The van der Waals surface area contributed by atoms with Gasteiger partial charge in [0.1, 0.15) is 0 Å². The first kappa shape index (κ1) is 18.4. The van der Waals surface area contributed by atoms with Gasteiger partial charge in [0.15, 0.2) is 0 Å². The van der Waals surface area contributed by atoms with Gasteiger partial charge in [0.25, 0.3) is 0 Å². The van der Waals surface area contributed by atoms with Gasteiger partial charge in [0, 0.05) is 11.4 Å². The molecule has 0 amide bonds. The van der Waals surface area contributed by atoms with E-state index in [1.165, 1.54) is 11.4 Å². The Morgan fingerprint density at radius 3 is 1.30 bits per heavy atom. The molecule has 0 N–H and O–H groups in total. The van der Waals surface area contributed by atoms with Crippen LogP contribution in [0.5, 0.6) is 0 Å². The molecule has 1 aliphatic rings. The van der Waals surface area contributed by atoms with Crippen molar-refractivity contribution in [2.45, 2.75) is 67.4 Å². The second-order valence-electron chi connectivity index (χ2n) is 10.4. The first-order valence-electron chi connectivity index (χ1n) is 8.81. The molecule has 1 aromatic carbocycles. The minimum Gasteiger partial charge on any atom is -0.523 e. The molecule has 0 bridgehead atoms. The second kappa shape index (κ2) is 5.84. The number of nitrogens with zero attached hydrogens (tertiary/aromatic N) is 2. The number of hydrogen-bond donors (Lipinski definition) is 0. The fraction of sp³-hybridized carbons (Fsp3) is 0.700. The molecule has 3 heteroatoms. The van der Waals surface area contributed by atoms with E-state index < -0.39 is 9.12 Å². The molecule has 0 radical (unpaired) electrons. The van der Waals surface area contributed by atoms with E-state index in [0.29, 0.717) is 15.9 Å². The van der Waals surface area contributed by atoms with Gasteiger partial charge >= 0.3 is 0 Å². The number of benzene rings is 1. The Bertz CT molecular complexity index is 503. The fourth-order valence-corrected chi connectivity index (χ4v) is 7.37. The molecule has 2 nitrogen and oxygen atoms in total. The lowest BCUT2D eigenvalue weighted by atomic mass is 9.96. The van der Waals surface area contributed by atoms with Crippen LogP contribution in [0.3, 0.4) is 0 Å². The molecule has 0 aliphatic carbocycles. The Labute approximate surface area is 145 Å². The van der Waals surface area contributed by atoms with Crippen molar-refractivity contribution in [2.75, 3.05) is 22.2 Å². The van der Waals surface area contributed by atoms with Crippen LogP contribution in [-0.4, -0.2) is 22.2 Å². The predicted molar refractivity (Wildman–Crippen MR) is 106 cm³/mol. The van der Waals surface area contributed by atoms with Crippen molar-refractivity contribution >= 4 is 20.5 Å². The standard InChI is InChI=1S/C20H35N2Si/c1-18(2,3)14-21-16-12-10-11-13-17(16)22(15-19(4,5)6)23(21)20(7,8)9/h10-13H,14-15H2,1-9H3/q-1. The van der Waals surface area contributed by atoms with Gasteiger partial charge in [-0.1, -0.05) is 74.4 Å². The van der Waals surface area contributed by atoms with E-state index in [2.05, 4.69) is 95.7 Å². The molecule has 2 rings (SSSR count). The van der Waals surface area contributed by atoms with E-state index >= 15 is 0 Å². The smallest absolute Gasteiger partial charge is 0.0206 e. The van der Waals surface area contributed by atoms with E-state index in [4.69, 9.17) is 0 Å².